The Morgan fingerprint density at radius 2 is 0.793 bits per heavy atom. The molecule has 0 saturated heterocycles. The molecule has 29 heavy (non-hydrogen) atoms. The molecule has 0 aliphatic rings. The second-order valence-electron chi connectivity index (χ2n) is 5.80. The summed E-state index contributed by atoms with van der Waals surface area (Å²) in [6, 6.07) is 2.86. The summed E-state index contributed by atoms with van der Waals surface area (Å²) < 4.78 is 26.3. The number of nitrogens with zero attached hydrogens (tertiary/aromatic N) is 4. The van der Waals surface area contributed by atoms with E-state index in [1.165, 1.54) is 13.8 Å². The van der Waals surface area contributed by atoms with Crippen molar-refractivity contribution in [3.8, 4) is 0 Å². The molecule has 14 nitrogen and oxygen atoms in total. The Morgan fingerprint density at radius 3 is 0.966 bits per heavy atom. The summed E-state index contributed by atoms with van der Waals surface area (Å²) in [6.45, 7) is 2.46. The van der Waals surface area contributed by atoms with Crippen LogP contribution in [0.1, 0.15) is 11.1 Å². The molecule has 0 N–H and O–H groups in total. The van der Waals surface area contributed by atoms with Crippen LogP contribution in [-0.2, 0) is 9.84 Å². The molecule has 0 aliphatic carbocycles. The number of aryl methyl sites for hydroxylation is 2. The van der Waals surface area contributed by atoms with Gasteiger partial charge < -0.3 is 0 Å². The minimum atomic E-state index is -5.44. The van der Waals surface area contributed by atoms with Gasteiger partial charge in [0.15, 0.2) is 0 Å². The van der Waals surface area contributed by atoms with Crippen molar-refractivity contribution >= 4 is 32.6 Å². The van der Waals surface area contributed by atoms with Crippen LogP contribution in [0.15, 0.2) is 34.1 Å². The molecule has 0 heterocycles. The van der Waals surface area contributed by atoms with Crippen molar-refractivity contribution in [3.05, 3.63) is 75.8 Å². The van der Waals surface area contributed by atoms with Gasteiger partial charge in [0.05, 0.1) is 19.7 Å². The Balaban J connectivity index is 3.15. The minimum Gasteiger partial charge on any atom is -0.258 e. The molecule has 0 radical (unpaired) electrons. The molecular formula is C14H10N4O10S. The number of sulfone groups is 1. The molecule has 2 aromatic carbocycles. The fraction of sp³-hybridized carbons (Fsp3) is 0.143. The van der Waals surface area contributed by atoms with Gasteiger partial charge in [-0.2, -0.15) is 0 Å². The predicted octanol–water partition coefficient (Wildman–Crippen LogP) is 2.77. The Hall–Kier alpha value is -4.01. The molecule has 0 unspecified atom stereocenters. The summed E-state index contributed by atoms with van der Waals surface area (Å²) in [6.07, 6.45) is 0. The largest absolute Gasteiger partial charge is 0.295 e. The molecule has 15 heteroatoms. The highest BCUT2D eigenvalue weighted by molar-refractivity contribution is 7.92. The first-order valence-electron chi connectivity index (χ1n) is 7.41. The van der Waals surface area contributed by atoms with Crippen LogP contribution >= 0.6 is 0 Å². The molecule has 0 fully saturated rings. The number of nitro benzene ring substituents is 4. The normalized spacial score (nSPS) is 11.1. The maximum absolute atomic E-state index is 13.1. The number of nitro groups is 4. The summed E-state index contributed by atoms with van der Waals surface area (Å²) >= 11 is 0. The van der Waals surface area contributed by atoms with Crippen LogP contribution in [0.4, 0.5) is 22.7 Å². The van der Waals surface area contributed by atoms with E-state index in [0.717, 1.165) is 0 Å². The topological polar surface area (TPSA) is 207 Å². The van der Waals surface area contributed by atoms with Gasteiger partial charge in [-0.1, -0.05) is 0 Å². The lowest BCUT2D eigenvalue weighted by Crippen LogP contribution is -2.13. The van der Waals surface area contributed by atoms with Crippen molar-refractivity contribution < 1.29 is 28.1 Å². The van der Waals surface area contributed by atoms with Crippen molar-refractivity contribution in [2.45, 2.75) is 23.6 Å². The monoisotopic (exact) mass is 426 g/mol. The molecular weight excluding hydrogens is 416 g/mol. The first-order chi connectivity index (χ1) is 13.3. The SMILES string of the molecule is Cc1cc([N+](=O)[O-])c(S(=O)(=O)c2c([N+](=O)[O-])cc(C)cc2[N+](=O)[O-])c([N+](=O)[O-])c1. The first kappa shape index (κ1) is 21.3. The van der Waals surface area contributed by atoms with Gasteiger partial charge in [0, 0.05) is 24.3 Å². The summed E-state index contributed by atoms with van der Waals surface area (Å²) in [7, 11) is -5.44. The van der Waals surface area contributed by atoms with Gasteiger partial charge in [-0.25, -0.2) is 8.42 Å². The first-order valence-corrected chi connectivity index (χ1v) is 8.89. The summed E-state index contributed by atoms with van der Waals surface area (Å²) in [5.41, 5.74) is -5.01. The lowest BCUT2D eigenvalue weighted by molar-refractivity contribution is -0.400. The third-order valence-corrected chi connectivity index (χ3v) is 5.62. The highest BCUT2D eigenvalue weighted by atomic mass is 32.2. The maximum Gasteiger partial charge on any atom is 0.295 e. The van der Waals surface area contributed by atoms with Gasteiger partial charge in [-0.15, -0.1) is 0 Å². The molecule has 0 amide bonds. The van der Waals surface area contributed by atoms with Crippen molar-refractivity contribution in [1.29, 1.82) is 0 Å². The molecule has 0 saturated carbocycles. The van der Waals surface area contributed by atoms with E-state index >= 15 is 0 Å². The van der Waals surface area contributed by atoms with Gasteiger partial charge in [0.2, 0.25) is 19.6 Å². The predicted molar refractivity (Wildman–Crippen MR) is 94.4 cm³/mol. The van der Waals surface area contributed by atoms with E-state index in [1.807, 2.05) is 0 Å². The molecule has 2 rings (SSSR count). The summed E-state index contributed by atoms with van der Waals surface area (Å²) in [5, 5.41) is 45.5. The van der Waals surface area contributed by atoms with E-state index in [-0.39, 0.29) is 11.1 Å². The van der Waals surface area contributed by atoms with E-state index < -0.39 is 62.1 Å². The molecule has 0 aromatic heterocycles. The molecule has 0 bridgehead atoms. The van der Waals surface area contributed by atoms with E-state index in [4.69, 9.17) is 0 Å². The van der Waals surface area contributed by atoms with Crippen LogP contribution in [-0.4, -0.2) is 28.1 Å². The van der Waals surface area contributed by atoms with Crippen LogP contribution in [0.3, 0.4) is 0 Å². The number of benzene rings is 2. The third kappa shape index (κ3) is 3.70. The second kappa shape index (κ2) is 7.19. The number of hydrogen-bond acceptors (Lipinski definition) is 10. The Labute approximate surface area is 160 Å². The van der Waals surface area contributed by atoms with Crippen LogP contribution in [0, 0.1) is 54.3 Å². The fourth-order valence-electron chi connectivity index (χ4n) is 2.67. The number of rotatable bonds is 6. The maximum atomic E-state index is 13.1. The fourth-order valence-corrected chi connectivity index (χ4v) is 4.51. The zero-order chi connectivity index (χ0) is 22.3. The second-order valence-corrected chi connectivity index (χ2v) is 7.62. The lowest BCUT2D eigenvalue weighted by atomic mass is 10.2. The minimum absolute atomic E-state index is 0.0322. The average molecular weight is 426 g/mol. The lowest BCUT2D eigenvalue weighted by Gasteiger charge is -2.09. The van der Waals surface area contributed by atoms with Crippen molar-refractivity contribution in [2.75, 3.05) is 0 Å². The molecule has 0 atom stereocenters. The van der Waals surface area contributed by atoms with Gasteiger partial charge >= 0.3 is 0 Å². The Bertz CT molecular complexity index is 1050. The third-order valence-electron chi connectivity index (χ3n) is 3.71. The molecule has 0 aliphatic heterocycles. The Kier molecular flexibility index (Phi) is 5.28. The Morgan fingerprint density at radius 1 is 0.586 bits per heavy atom. The summed E-state index contributed by atoms with van der Waals surface area (Å²) in [4.78, 5) is 37.6. The highest BCUT2D eigenvalue weighted by Crippen LogP contribution is 2.44. The zero-order valence-corrected chi connectivity index (χ0v) is 15.4. The summed E-state index contributed by atoms with van der Waals surface area (Å²) in [5.74, 6) is 0. The van der Waals surface area contributed by atoms with Crippen molar-refractivity contribution in [3.63, 3.8) is 0 Å². The molecule has 2 aromatic rings. The van der Waals surface area contributed by atoms with Crippen molar-refractivity contribution in [2.24, 2.45) is 0 Å². The van der Waals surface area contributed by atoms with Crippen LogP contribution in [0.2, 0.25) is 0 Å². The van der Waals surface area contributed by atoms with Crippen LogP contribution in [0.5, 0.6) is 0 Å². The van der Waals surface area contributed by atoms with Gasteiger partial charge in [-0.05, 0) is 25.0 Å². The van der Waals surface area contributed by atoms with Crippen molar-refractivity contribution in [1.82, 2.24) is 0 Å². The van der Waals surface area contributed by atoms with E-state index in [0.29, 0.717) is 24.3 Å². The molecule has 152 valence electrons. The average Bonchev–Trinajstić information content (AvgIpc) is 2.59. The van der Waals surface area contributed by atoms with Crippen LogP contribution in [0.25, 0.3) is 0 Å². The highest BCUT2D eigenvalue weighted by Gasteiger charge is 2.45. The van der Waals surface area contributed by atoms with Crippen LogP contribution < -0.4 is 0 Å². The van der Waals surface area contributed by atoms with Gasteiger partial charge in [-0.3, -0.25) is 40.5 Å². The van der Waals surface area contributed by atoms with E-state index in [1.54, 1.807) is 0 Å². The van der Waals surface area contributed by atoms with Gasteiger partial charge in [0.25, 0.3) is 22.7 Å². The number of hydrogen-bond donors (Lipinski definition) is 0. The molecule has 0 spiro atoms. The quantitative estimate of drug-likeness (QED) is 0.487. The standard InChI is InChI=1S/C14H10N4O10S/c1-7-3-9(15(19)20)13(10(4-7)16(21)22)29(27,28)14-11(17(23)24)5-8(2)6-12(14)18(25)26/h3-6H,1-2H3. The van der Waals surface area contributed by atoms with E-state index in [2.05, 4.69) is 0 Å². The zero-order valence-electron chi connectivity index (χ0n) is 14.6. The van der Waals surface area contributed by atoms with E-state index in [9.17, 15) is 48.9 Å². The van der Waals surface area contributed by atoms with Gasteiger partial charge in [0.1, 0.15) is 0 Å². The smallest absolute Gasteiger partial charge is 0.258 e.